The van der Waals surface area contributed by atoms with E-state index < -0.39 is 17.5 Å². The molecule has 0 heterocycles. The Morgan fingerprint density at radius 2 is 1.53 bits per heavy atom. The monoisotopic (exact) mass is 498 g/mol. The number of ether oxygens (including phenoxy) is 5. The molecule has 1 atom stereocenters. The summed E-state index contributed by atoms with van der Waals surface area (Å²) < 4.78 is 28.2. The lowest BCUT2D eigenvalue weighted by Gasteiger charge is -2.35. The zero-order valence-corrected chi connectivity index (χ0v) is 21.8. The fraction of sp³-hybridized carbons (Fsp3) is 0.448. The van der Waals surface area contributed by atoms with Crippen LogP contribution in [0.3, 0.4) is 0 Å². The highest BCUT2D eigenvalue weighted by Crippen LogP contribution is 2.41. The van der Waals surface area contributed by atoms with Gasteiger partial charge in [0, 0.05) is 23.1 Å². The summed E-state index contributed by atoms with van der Waals surface area (Å²) in [6.45, 7) is 16.1. The fourth-order valence-corrected chi connectivity index (χ4v) is 3.50. The second kappa shape index (κ2) is 14.4. The van der Waals surface area contributed by atoms with Gasteiger partial charge in [-0.3, -0.25) is 0 Å². The maximum absolute atomic E-state index is 11.6. The third-order valence-corrected chi connectivity index (χ3v) is 5.51. The van der Waals surface area contributed by atoms with E-state index >= 15 is 0 Å². The van der Waals surface area contributed by atoms with Crippen molar-refractivity contribution in [2.75, 3.05) is 39.6 Å². The van der Waals surface area contributed by atoms with Crippen molar-refractivity contribution in [1.82, 2.24) is 0 Å². The van der Waals surface area contributed by atoms with Gasteiger partial charge >= 0.3 is 11.9 Å². The molecular formula is C29H38O7. The topological polar surface area (TPSA) is 80.3 Å². The van der Waals surface area contributed by atoms with Gasteiger partial charge in [-0.15, -0.1) is 0 Å². The quantitative estimate of drug-likeness (QED) is 0.190. The van der Waals surface area contributed by atoms with Gasteiger partial charge in [0.05, 0.1) is 19.8 Å². The first-order chi connectivity index (χ1) is 17.2. The number of hydrogen-bond donors (Lipinski definition) is 0. The van der Waals surface area contributed by atoms with E-state index in [1.54, 1.807) is 13.8 Å². The minimum absolute atomic E-state index is 0.116. The van der Waals surface area contributed by atoms with Gasteiger partial charge in [-0.1, -0.05) is 57.4 Å². The van der Waals surface area contributed by atoms with Crippen molar-refractivity contribution in [1.29, 1.82) is 0 Å². The summed E-state index contributed by atoms with van der Waals surface area (Å²) in [4.78, 5) is 23.1. The molecule has 7 heteroatoms. The van der Waals surface area contributed by atoms with E-state index in [9.17, 15) is 9.59 Å². The minimum atomic E-state index is -0.737. The molecule has 0 N–H and O–H groups in total. The van der Waals surface area contributed by atoms with Crippen LogP contribution >= 0.6 is 0 Å². The number of esters is 2. The van der Waals surface area contributed by atoms with Crippen LogP contribution in [0.25, 0.3) is 0 Å². The molecule has 1 aromatic rings. The lowest BCUT2D eigenvalue weighted by Crippen LogP contribution is -2.31. The summed E-state index contributed by atoms with van der Waals surface area (Å²) in [7, 11) is 0. The SMILES string of the molecule is C=C(C)C(=O)OCCOCCOC1(c2ccccc2OCCOC(=O)C(=C)C)C=CC(C(C)C)=CC1. The number of carbonyl (C=O) groups is 2. The molecule has 0 bridgehead atoms. The zero-order chi connectivity index (χ0) is 26.6. The molecule has 0 aliphatic heterocycles. The number of allylic oxidation sites excluding steroid dienone is 2. The molecule has 0 spiro atoms. The predicted molar refractivity (Wildman–Crippen MR) is 139 cm³/mol. The van der Waals surface area contributed by atoms with E-state index in [1.807, 2.05) is 24.3 Å². The second-order valence-corrected chi connectivity index (χ2v) is 8.92. The largest absolute Gasteiger partial charge is 0.490 e. The van der Waals surface area contributed by atoms with E-state index in [1.165, 1.54) is 5.57 Å². The van der Waals surface area contributed by atoms with E-state index in [0.29, 0.717) is 42.4 Å². The Labute approximate surface area is 214 Å². The maximum Gasteiger partial charge on any atom is 0.333 e. The molecular weight excluding hydrogens is 460 g/mol. The number of hydrogen-bond acceptors (Lipinski definition) is 7. The van der Waals surface area contributed by atoms with E-state index in [2.05, 4.69) is 45.2 Å². The van der Waals surface area contributed by atoms with Gasteiger partial charge < -0.3 is 23.7 Å². The van der Waals surface area contributed by atoms with Crippen LogP contribution in [0, 0.1) is 5.92 Å². The van der Waals surface area contributed by atoms with Crippen LogP contribution in [-0.4, -0.2) is 51.6 Å². The first-order valence-electron chi connectivity index (χ1n) is 12.1. The number of benzene rings is 1. The molecule has 196 valence electrons. The Hall–Kier alpha value is -3.16. The van der Waals surface area contributed by atoms with E-state index in [0.717, 1.165) is 5.56 Å². The molecule has 0 fully saturated rings. The van der Waals surface area contributed by atoms with Crippen molar-refractivity contribution < 1.29 is 33.3 Å². The molecule has 1 unspecified atom stereocenters. The predicted octanol–water partition coefficient (Wildman–Crippen LogP) is 5.07. The van der Waals surface area contributed by atoms with Crippen molar-refractivity contribution in [3.63, 3.8) is 0 Å². The zero-order valence-electron chi connectivity index (χ0n) is 21.8. The van der Waals surface area contributed by atoms with Gasteiger partial charge in [0.25, 0.3) is 0 Å². The van der Waals surface area contributed by atoms with Gasteiger partial charge in [0.15, 0.2) is 0 Å². The highest BCUT2D eigenvalue weighted by atomic mass is 16.6. The summed E-state index contributed by atoms with van der Waals surface area (Å²) in [5, 5.41) is 0. The average Bonchev–Trinajstić information content (AvgIpc) is 2.86. The molecule has 0 amide bonds. The Balaban J connectivity index is 2.04. The van der Waals surface area contributed by atoms with E-state index in [4.69, 9.17) is 23.7 Å². The summed E-state index contributed by atoms with van der Waals surface area (Å²) >= 11 is 0. The summed E-state index contributed by atoms with van der Waals surface area (Å²) in [5.74, 6) is 0.184. The second-order valence-electron chi connectivity index (χ2n) is 8.92. The molecule has 2 rings (SSSR count). The Bertz CT molecular complexity index is 989. The first-order valence-corrected chi connectivity index (χ1v) is 12.1. The van der Waals surface area contributed by atoms with Crippen molar-refractivity contribution in [3.8, 4) is 5.75 Å². The summed E-state index contributed by atoms with van der Waals surface area (Å²) in [6.07, 6.45) is 6.99. The van der Waals surface area contributed by atoms with Crippen molar-refractivity contribution >= 4 is 11.9 Å². The molecule has 0 saturated carbocycles. The third-order valence-electron chi connectivity index (χ3n) is 5.51. The van der Waals surface area contributed by atoms with Crippen LogP contribution in [0.5, 0.6) is 5.75 Å². The fourth-order valence-electron chi connectivity index (χ4n) is 3.50. The third kappa shape index (κ3) is 8.81. The smallest absolute Gasteiger partial charge is 0.333 e. The van der Waals surface area contributed by atoms with Gasteiger partial charge in [-0.2, -0.15) is 0 Å². The van der Waals surface area contributed by atoms with Crippen LogP contribution in [0.1, 0.15) is 39.7 Å². The van der Waals surface area contributed by atoms with Gasteiger partial charge in [-0.05, 0) is 37.5 Å². The number of carbonyl (C=O) groups excluding carboxylic acids is 2. The Morgan fingerprint density at radius 1 is 0.917 bits per heavy atom. The van der Waals surface area contributed by atoms with Crippen molar-refractivity contribution in [2.45, 2.75) is 39.7 Å². The highest BCUT2D eigenvalue weighted by Gasteiger charge is 2.34. The molecule has 36 heavy (non-hydrogen) atoms. The van der Waals surface area contributed by atoms with Crippen LogP contribution in [-0.2, 0) is 34.1 Å². The maximum atomic E-state index is 11.6. The van der Waals surface area contributed by atoms with Crippen molar-refractivity contribution in [3.05, 3.63) is 77.9 Å². The number of para-hydroxylation sites is 1. The molecule has 0 aromatic heterocycles. The minimum Gasteiger partial charge on any atom is -0.490 e. The van der Waals surface area contributed by atoms with Gasteiger partial charge in [-0.25, -0.2) is 9.59 Å². The summed E-state index contributed by atoms with van der Waals surface area (Å²) in [5.41, 5.74) is 2.09. The standard InChI is InChI=1S/C29H38O7/c1-21(2)24-11-13-29(14-12-24,36-20-16-32-15-17-34-27(30)22(3)4)25-9-7-8-10-26(25)33-18-19-35-28(31)23(5)6/h7-13,21H,3,5,14-20H2,1-2,4,6H3. The molecule has 1 aliphatic carbocycles. The first kappa shape index (κ1) is 29.1. The highest BCUT2D eigenvalue weighted by molar-refractivity contribution is 5.87. The number of rotatable bonds is 15. The average molecular weight is 499 g/mol. The Kier molecular flexibility index (Phi) is 11.6. The summed E-state index contributed by atoms with van der Waals surface area (Å²) in [6, 6.07) is 7.69. The Morgan fingerprint density at radius 3 is 2.11 bits per heavy atom. The molecule has 7 nitrogen and oxygen atoms in total. The molecule has 0 radical (unpaired) electrons. The van der Waals surface area contributed by atoms with Gasteiger partial charge in [0.1, 0.15) is 31.2 Å². The normalized spacial score (nSPS) is 16.9. The molecule has 0 saturated heterocycles. The van der Waals surface area contributed by atoms with Crippen LogP contribution in [0.4, 0.5) is 0 Å². The molecule has 1 aliphatic rings. The van der Waals surface area contributed by atoms with Crippen LogP contribution in [0.2, 0.25) is 0 Å². The molecule has 1 aromatic carbocycles. The van der Waals surface area contributed by atoms with Crippen molar-refractivity contribution in [2.24, 2.45) is 5.92 Å². The van der Waals surface area contributed by atoms with Crippen LogP contribution < -0.4 is 4.74 Å². The van der Waals surface area contributed by atoms with E-state index in [-0.39, 0.29) is 26.4 Å². The van der Waals surface area contributed by atoms with Gasteiger partial charge in [0.2, 0.25) is 0 Å². The van der Waals surface area contributed by atoms with Crippen LogP contribution in [0.15, 0.2) is 72.4 Å². The lowest BCUT2D eigenvalue weighted by molar-refractivity contribution is -0.141. The lowest BCUT2D eigenvalue weighted by atomic mass is 9.82.